The Balaban J connectivity index is 3.08. The van der Waals surface area contributed by atoms with Gasteiger partial charge in [-0.2, -0.15) is 0 Å². The maximum atomic E-state index is 13.0. The molecule has 1 aromatic rings. The van der Waals surface area contributed by atoms with Crippen LogP contribution in [0.1, 0.15) is 0 Å². The Morgan fingerprint density at radius 3 is 2.46 bits per heavy atom. The quantitative estimate of drug-likeness (QED) is 0.706. The number of nitrogens with two attached hydrogens (primary N) is 1. The average Bonchev–Trinajstić information content (AvgIpc) is 1.99. The molecule has 0 bridgehead atoms. The summed E-state index contributed by atoms with van der Waals surface area (Å²) in [5.41, 5.74) is 4.69. The molecule has 0 spiro atoms. The number of amides is 2. The lowest BCUT2D eigenvalue weighted by Crippen LogP contribution is -2.20. The molecule has 3 nitrogen and oxygen atoms in total. The molecule has 1 rings (SSSR count). The molecule has 0 saturated carbocycles. The smallest absolute Gasteiger partial charge is 0.316 e. The molecule has 0 heterocycles. The number of anilines is 1. The normalized spacial score (nSPS) is 9.77. The van der Waals surface area contributed by atoms with E-state index >= 15 is 0 Å². The van der Waals surface area contributed by atoms with Gasteiger partial charge in [0.1, 0.15) is 5.82 Å². The Kier molecular flexibility index (Phi) is 2.95. The summed E-state index contributed by atoms with van der Waals surface area (Å²) in [4.78, 5) is 10.4. The number of benzene rings is 1. The zero-order chi connectivity index (χ0) is 10.0. The SMILES string of the molecule is NC(=O)Nc1cc(Cl)c(Cl)cc1F. The second kappa shape index (κ2) is 3.81. The summed E-state index contributed by atoms with van der Waals surface area (Å²) in [5, 5.41) is 2.29. The van der Waals surface area contributed by atoms with Crippen LogP contribution in [-0.4, -0.2) is 6.03 Å². The molecule has 6 heteroatoms. The van der Waals surface area contributed by atoms with Crippen LogP contribution in [0.3, 0.4) is 0 Å². The van der Waals surface area contributed by atoms with E-state index in [-0.39, 0.29) is 15.7 Å². The first kappa shape index (κ1) is 10.1. The molecule has 0 unspecified atom stereocenters. The first-order valence-corrected chi connectivity index (χ1v) is 3.97. The fourth-order valence-corrected chi connectivity index (χ4v) is 1.07. The second-order valence-electron chi connectivity index (χ2n) is 2.24. The van der Waals surface area contributed by atoms with Crippen molar-refractivity contribution in [3.05, 3.63) is 28.0 Å². The van der Waals surface area contributed by atoms with Crippen molar-refractivity contribution in [1.82, 2.24) is 0 Å². The molecule has 0 aliphatic rings. The number of urea groups is 1. The van der Waals surface area contributed by atoms with E-state index < -0.39 is 11.8 Å². The van der Waals surface area contributed by atoms with Gasteiger partial charge in [-0.15, -0.1) is 0 Å². The zero-order valence-electron chi connectivity index (χ0n) is 6.27. The van der Waals surface area contributed by atoms with Crippen molar-refractivity contribution < 1.29 is 9.18 Å². The van der Waals surface area contributed by atoms with Gasteiger partial charge in [0.15, 0.2) is 0 Å². The van der Waals surface area contributed by atoms with Crippen molar-refractivity contribution in [3.63, 3.8) is 0 Å². The van der Waals surface area contributed by atoms with Crippen molar-refractivity contribution in [2.45, 2.75) is 0 Å². The maximum absolute atomic E-state index is 13.0. The minimum atomic E-state index is -0.864. The highest BCUT2D eigenvalue weighted by Gasteiger charge is 2.08. The van der Waals surface area contributed by atoms with E-state index in [0.717, 1.165) is 6.07 Å². The van der Waals surface area contributed by atoms with Crippen LogP contribution >= 0.6 is 23.2 Å². The maximum Gasteiger partial charge on any atom is 0.316 e. The second-order valence-corrected chi connectivity index (χ2v) is 3.05. The molecule has 1 aromatic carbocycles. The third-order valence-corrected chi connectivity index (χ3v) is 1.99. The number of carbonyl (C=O) groups excluding carboxylic acids is 1. The molecule has 13 heavy (non-hydrogen) atoms. The highest BCUT2D eigenvalue weighted by atomic mass is 35.5. The van der Waals surface area contributed by atoms with Crippen LogP contribution in [-0.2, 0) is 0 Å². The lowest BCUT2D eigenvalue weighted by molar-refractivity contribution is 0.259. The van der Waals surface area contributed by atoms with Gasteiger partial charge in [-0.3, -0.25) is 0 Å². The molecule has 0 aliphatic carbocycles. The Morgan fingerprint density at radius 2 is 1.92 bits per heavy atom. The van der Waals surface area contributed by atoms with E-state index in [4.69, 9.17) is 28.9 Å². The summed E-state index contributed by atoms with van der Waals surface area (Å²) < 4.78 is 13.0. The molecule has 0 aliphatic heterocycles. The third kappa shape index (κ3) is 2.47. The fourth-order valence-electron chi connectivity index (χ4n) is 0.751. The van der Waals surface area contributed by atoms with Gasteiger partial charge < -0.3 is 11.1 Å². The number of hydrogen-bond acceptors (Lipinski definition) is 1. The van der Waals surface area contributed by atoms with Gasteiger partial charge in [-0.1, -0.05) is 23.2 Å². The van der Waals surface area contributed by atoms with Gasteiger partial charge in [0, 0.05) is 0 Å². The van der Waals surface area contributed by atoms with Crippen LogP contribution in [0.25, 0.3) is 0 Å². The lowest BCUT2D eigenvalue weighted by atomic mass is 10.3. The number of halogens is 3. The van der Waals surface area contributed by atoms with Crippen molar-refractivity contribution in [3.8, 4) is 0 Å². The molecular formula is C7H5Cl2FN2O. The lowest BCUT2D eigenvalue weighted by Gasteiger charge is -2.04. The Labute approximate surface area is 83.6 Å². The number of carbonyl (C=O) groups is 1. The Hall–Kier alpha value is -1.00. The Bertz CT molecular complexity index is 357. The van der Waals surface area contributed by atoms with Gasteiger partial charge in [0.2, 0.25) is 0 Å². The first-order chi connectivity index (χ1) is 6.00. The van der Waals surface area contributed by atoms with Gasteiger partial charge >= 0.3 is 6.03 Å². The van der Waals surface area contributed by atoms with Crippen molar-refractivity contribution in [1.29, 1.82) is 0 Å². The minimum absolute atomic E-state index is 0.0780. The summed E-state index contributed by atoms with van der Waals surface area (Å²) in [6, 6.07) is 1.32. The predicted octanol–water partition coefficient (Wildman–Crippen LogP) is 2.62. The zero-order valence-corrected chi connectivity index (χ0v) is 7.79. The van der Waals surface area contributed by atoms with Gasteiger partial charge in [0.05, 0.1) is 15.7 Å². The number of hydrogen-bond donors (Lipinski definition) is 2. The van der Waals surface area contributed by atoms with E-state index in [1.54, 1.807) is 0 Å². The fraction of sp³-hybridized carbons (Fsp3) is 0. The molecule has 70 valence electrons. The summed E-state index contributed by atoms with van der Waals surface area (Å²) in [5.74, 6) is -0.687. The monoisotopic (exact) mass is 222 g/mol. The molecular weight excluding hydrogens is 218 g/mol. The van der Waals surface area contributed by atoms with Crippen LogP contribution in [0, 0.1) is 5.82 Å². The molecule has 0 saturated heterocycles. The summed E-state index contributed by atoms with van der Waals surface area (Å²) in [7, 11) is 0. The topological polar surface area (TPSA) is 55.1 Å². The minimum Gasteiger partial charge on any atom is -0.351 e. The van der Waals surface area contributed by atoms with Crippen LogP contribution in [0.5, 0.6) is 0 Å². The van der Waals surface area contributed by atoms with Crippen LogP contribution < -0.4 is 11.1 Å². The van der Waals surface area contributed by atoms with Crippen LogP contribution in [0.4, 0.5) is 14.9 Å². The number of primary amides is 1. The Morgan fingerprint density at radius 1 is 1.38 bits per heavy atom. The van der Waals surface area contributed by atoms with Crippen LogP contribution in [0.15, 0.2) is 12.1 Å². The molecule has 3 N–H and O–H groups in total. The highest BCUT2D eigenvalue weighted by Crippen LogP contribution is 2.27. The van der Waals surface area contributed by atoms with E-state index in [0.29, 0.717) is 0 Å². The van der Waals surface area contributed by atoms with Crippen LogP contribution in [0.2, 0.25) is 10.0 Å². The van der Waals surface area contributed by atoms with E-state index in [1.165, 1.54) is 6.07 Å². The van der Waals surface area contributed by atoms with E-state index in [2.05, 4.69) is 5.32 Å². The number of rotatable bonds is 1. The standard InChI is InChI=1S/C7H5Cl2FN2O/c8-3-1-5(10)6(2-4(3)9)12-7(11)13/h1-2H,(H3,11,12,13). The molecule has 0 fully saturated rings. The van der Waals surface area contributed by atoms with Gasteiger partial charge in [-0.25, -0.2) is 9.18 Å². The third-order valence-electron chi connectivity index (χ3n) is 1.27. The summed E-state index contributed by atoms with van der Waals surface area (Å²) in [6.45, 7) is 0. The summed E-state index contributed by atoms with van der Waals surface area (Å²) in [6.07, 6.45) is 0. The van der Waals surface area contributed by atoms with Crippen molar-refractivity contribution >= 4 is 34.9 Å². The van der Waals surface area contributed by atoms with Gasteiger partial charge in [-0.05, 0) is 12.1 Å². The van der Waals surface area contributed by atoms with E-state index in [9.17, 15) is 9.18 Å². The highest BCUT2D eigenvalue weighted by molar-refractivity contribution is 6.42. The average molecular weight is 223 g/mol. The predicted molar refractivity (Wildman–Crippen MR) is 49.6 cm³/mol. The van der Waals surface area contributed by atoms with Crippen molar-refractivity contribution in [2.24, 2.45) is 5.73 Å². The number of nitrogens with one attached hydrogen (secondary N) is 1. The molecule has 0 radical (unpaired) electrons. The summed E-state index contributed by atoms with van der Waals surface area (Å²) >= 11 is 11.1. The largest absolute Gasteiger partial charge is 0.351 e. The first-order valence-electron chi connectivity index (χ1n) is 3.21. The van der Waals surface area contributed by atoms with Crippen molar-refractivity contribution in [2.75, 3.05) is 5.32 Å². The van der Waals surface area contributed by atoms with E-state index in [1.807, 2.05) is 0 Å². The molecule has 0 atom stereocenters. The molecule has 0 aromatic heterocycles. The van der Waals surface area contributed by atoms with Gasteiger partial charge in [0.25, 0.3) is 0 Å². The molecule has 2 amide bonds.